The van der Waals surface area contributed by atoms with E-state index in [-0.39, 0.29) is 36.6 Å². The van der Waals surface area contributed by atoms with Crippen LogP contribution in [0.1, 0.15) is 44.0 Å². The number of alkyl halides is 4. The minimum atomic E-state index is -4.66. The maximum absolute atomic E-state index is 13.2. The van der Waals surface area contributed by atoms with Crippen LogP contribution in [-0.2, 0) is 9.47 Å². The van der Waals surface area contributed by atoms with Crippen molar-refractivity contribution < 1.29 is 41.4 Å². The van der Waals surface area contributed by atoms with Crippen LogP contribution < -0.4 is 4.74 Å². The fraction of sp³-hybridized carbons (Fsp3) is 0.619. The smallest absolute Gasteiger partial charge is 0.444 e. The van der Waals surface area contributed by atoms with Crippen LogP contribution >= 0.6 is 0 Å². The van der Waals surface area contributed by atoms with E-state index in [1.807, 2.05) is 0 Å². The van der Waals surface area contributed by atoms with Gasteiger partial charge in [0.25, 0.3) is 0 Å². The molecule has 2 bridgehead atoms. The number of ketones is 1. The zero-order valence-corrected chi connectivity index (χ0v) is 17.4. The van der Waals surface area contributed by atoms with Crippen molar-refractivity contribution in [3.05, 3.63) is 29.8 Å². The zero-order chi connectivity index (χ0) is 23.0. The van der Waals surface area contributed by atoms with Crippen LogP contribution in [0.2, 0.25) is 0 Å². The molecule has 10 heteroatoms. The fourth-order valence-electron chi connectivity index (χ4n) is 3.89. The molecule has 0 radical (unpaired) electrons. The van der Waals surface area contributed by atoms with Gasteiger partial charge in [0.1, 0.15) is 11.4 Å². The average molecular weight is 447 g/mol. The van der Waals surface area contributed by atoms with Gasteiger partial charge in [0, 0.05) is 11.5 Å². The van der Waals surface area contributed by atoms with Crippen LogP contribution in [0.25, 0.3) is 0 Å². The normalized spacial score (nSPS) is 24.1. The third-order valence-electron chi connectivity index (χ3n) is 5.12. The number of Topliss-reactive ketones (excluding diaryl/α,β-unsaturated/α-hetero) is 1. The van der Waals surface area contributed by atoms with Crippen molar-refractivity contribution in [2.75, 3.05) is 13.2 Å². The van der Waals surface area contributed by atoms with E-state index in [9.17, 15) is 27.2 Å². The SMILES string of the molecule is CC(C)(C)OC(=O)N1C2COCC1CC(C(=O)c1cccc(OC(F)(F)C(F)F)c1)C2. The van der Waals surface area contributed by atoms with Crippen molar-refractivity contribution >= 4 is 11.9 Å². The summed E-state index contributed by atoms with van der Waals surface area (Å²) in [5, 5.41) is 0. The van der Waals surface area contributed by atoms with Gasteiger partial charge >= 0.3 is 18.6 Å². The summed E-state index contributed by atoms with van der Waals surface area (Å²) in [5.74, 6) is -1.33. The van der Waals surface area contributed by atoms with Crippen molar-refractivity contribution in [3.8, 4) is 5.75 Å². The highest BCUT2D eigenvalue weighted by molar-refractivity contribution is 5.98. The minimum Gasteiger partial charge on any atom is -0.444 e. The Balaban J connectivity index is 1.73. The Morgan fingerprint density at radius 1 is 1.13 bits per heavy atom. The Morgan fingerprint density at radius 3 is 2.29 bits per heavy atom. The topological polar surface area (TPSA) is 65.1 Å². The number of carbonyl (C=O) groups excluding carboxylic acids is 2. The van der Waals surface area contributed by atoms with Crippen LogP contribution in [-0.4, -0.2) is 60.2 Å². The summed E-state index contributed by atoms with van der Waals surface area (Å²) in [6, 6.07) is 4.11. The molecule has 172 valence electrons. The largest absolute Gasteiger partial charge is 0.461 e. The van der Waals surface area contributed by atoms with E-state index in [2.05, 4.69) is 4.74 Å². The van der Waals surface area contributed by atoms with E-state index in [1.54, 1.807) is 25.7 Å². The summed E-state index contributed by atoms with van der Waals surface area (Å²) in [4.78, 5) is 27.3. The summed E-state index contributed by atoms with van der Waals surface area (Å²) in [7, 11) is 0. The molecule has 2 aliphatic rings. The lowest BCUT2D eigenvalue weighted by atomic mass is 9.81. The van der Waals surface area contributed by atoms with E-state index in [4.69, 9.17) is 9.47 Å². The van der Waals surface area contributed by atoms with Crippen LogP contribution in [0.4, 0.5) is 22.4 Å². The molecular weight excluding hydrogens is 422 g/mol. The predicted molar refractivity (Wildman–Crippen MR) is 102 cm³/mol. The Hall–Kier alpha value is -2.36. The molecule has 2 atom stereocenters. The van der Waals surface area contributed by atoms with Crippen molar-refractivity contribution in [1.29, 1.82) is 0 Å². The van der Waals surface area contributed by atoms with Crippen LogP contribution in [0.5, 0.6) is 5.75 Å². The Kier molecular flexibility index (Phi) is 6.50. The molecule has 1 aromatic rings. The third-order valence-corrected chi connectivity index (χ3v) is 5.12. The molecular formula is C21H25F4NO5. The maximum atomic E-state index is 13.2. The highest BCUT2D eigenvalue weighted by atomic mass is 19.3. The zero-order valence-electron chi connectivity index (χ0n) is 17.4. The summed E-state index contributed by atoms with van der Waals surface area (Å²) in [5.41, 5.74) is -0.586. The summed E-state index contributed by atoms with van der Waals surface area (Å²) in [6.45, 7) is 5.80. The molecule has 31 heavy (non-hydrogen) atoms. The van der Waals surface area contributed by atoms with Gasteiger partial charge in [0.2, 0.25) is 0 Å². The molecule has 2 aliphatic heterocycles. The highest BCUT2D eigenvalue weighted by Gasteiger charge is 2.46. The number of rotatable bonds is 5. The molecule has 0 aliphatic carbocycles. The number of fused-ring (bicyclic) bond motifs is 2. The molecule has 0 aromatic heterocycles. The molecule has 3 rings (SSSR count). The monoisotopic (exact) mass is 447 g/mol. The van der Waals surface area contributed by atoms with Crippen LogP contribution in [0.3, 0.4) is 0 Å². The quantitative estimate of drug-likeness (QED) is 0.491. The standard InChI is InChI=1S/C21H25F4NO5/c1-20(2,3)31-19(28)26-14-7-13(8-15(26)11-29-10-14)17(27)12-5-4-6-16(9-12)30-21(24,25)18(22)23/h4-6,9,13-15,18H,7-8,10-11H2,1-3H3. The van der Waals surface area contributed by atoms with Gasteiger partial charge in [-0.2, -0.15) is 17.6 Å². The maximum Gasteiger partial charge on any atom is 0.461 e. The number of amides is 1. The second-order valence-corrected chi connectivity index (χ2v) is 8.76. The number of benzene rings is 1. The lowest BCUT2D eigenvalue weighted by molar-refractivity contribution is -0.253. The number of ether oxygens (including phenoxy) is 3. The number of piperidine rings is 1. The molecule has 1 aromatic carbocycles. The van der Waals surface area contributed by atoms with Gasteiger partial charge in [0.15, 0.2) is 5.78 Å². The first kappa shape index (κ1) is 23.3. The Labute approximate surface area is 177 Å². The van der Waals surface area contributed by atoms with Crippen molar-refractivity contribution in [2.24, 2.45) is 5.92 Å². The highest BCUT2D eigenvalue weighted by Crippen LogP contribution is 2.35. The van der Waals surface area contributed by atoms with Gasteiger partial charge in [-0.05, 0) is 45.7 Å². The van der Waals surface area contributed by atoms with Gasteiger partial charge in [-0.25, -0.2) is 4.79 Å². The minimum absolute atomic E-state index is 0.0808. The number of halogens is 4. The first-order valence-electron chi connectivity index (χ1n) is 9.95. The van der Waals surface area contributed by atoms with E-state index in [1.165, 1.54) is 12.1 Å². The van der Waals surface area contributed by atoms with Crippen LogP contribution in [0.15, 0.2) is 24.3 Å². The number of nitrogens with zero attached hydrogens (tertiary/aromatic N) is 1. The Morgan fingerprint density at radius 2 is 1.74 bits per heavy atom. The summed E-state index contributed by atoms with van der Waals surface area (Å²) < 4.78 is 66.3. The molecule has 0 N–H and O–H groups in total. The van der Waals surface area contributed by atoms with E-state index in [0.717, 1.165) is 12.1 Å². The number of carbonyl (C=O) groups is 2. The van der Waals surface area contributed by atoms with Gasteiger partial charge in [0.05, 0.1) is 25.3 Å². The fourth-order valence-corrected chi connectivity index (χ4v) is 3.89. The van der Waals surface area contributed by atoms with Gasteiger partial charge in [-0.1, -0.05) is 12.1 Å². The second kappa shape index (κ2) is 8.64. The summed E-state index contributed by atoms with van der Waals surface area (Å²) in [6.07, 6.45) is -8.50. The molecule has 0 spiro atoms. The molecule has 1 amide bonds. The van der Waals surface area contributed by atoms with Crippen molar-refractivity contribution in [2.45, 2.75) is 63.8 Å². The average Bonchev–Trinajstić information content (AvgIpc) is 2.64. The first-order chi connectivity index (χ1) is 14.4. The van der Waals surface area contributed by atoms with Crippen molar-refractivity contribution in [1.82, 2.24) is 4.90 Å². The van der Waals surface area contributed by atoms with E-state index < -0.39 is 35.9 Å². The van der Waals surface area contributed by atoms with Gasteiger partial charge < -0.3 is 14.2 Å². The first-order valence-corrected chi connectivity index (χ1v) is 9.95. The number of hydrogen-bond donors (Lipinski definition) is 0. The van der Waals surface area contributed by atoms with E-state index in [0.29, 0.717) is 12.8 Å². The number of hydrogen-bond acceptors (Lipinski definition) is 5. The lowest BCUT2D eigenvalue weighted by Gasteiger charge is -2.47. The predicted octanol–water partition coefficient (Wildman–Crippen LogP) is 4.52. The van der Waals surface area contributed by atoms with Crippen molar-refractivity contribution in [3.63, 3.8) is 0 Å². The third kappa shape index (κ3) is 5.47. The summed E-state index contributed by atoms with van der Waals surface area (Å²) >= 11 is 0. The molecule has 2 heterocycles. The van der Waals surface area contributed by atoms with Gasteiger partial charge in [-0.15, -0.1) is 0 Å². The molecule has 2 saturated heterocycles. The van der Waals surface area contributed by atoms with Crippen LogP contribution in [0, 0.1) is 5.92 Å². The second-order valence-electron chi connectivity index (χ2n) is 8.76. The Bertz CT molecular complexity index is 812. The molecule has 2 unspecified atom stereocenters. The van der Waals surface area contributed by atoms with E-state index >= 15 is 0 Å². The molecule has 2 fully saturated rings. The molecule has 0 saturated carbocycles. The van der Waals surface area contributed by atoms with Gasteiger partial charge in [-0.3, -0.25) is 9.69 Å². The number of morpholine rings is 1. The lowest BCUT2D eigenvalue weighted by Crippen LogP contribution is -2.60. The molecule has 6 nitrogen and oxygen atoms in total.